The van der Waals surface area contributed by atoms with Gasteiger partial charge in [0, 0.05) is 30.2 Å². The van der Waals surface area contributed by atoms with Crippen LogP contribution in [-0.4, -0.2) is 17.5 Å². The fraction of sp³-hybridized carbons (Fsp3) is 0.250. The number of benzene rings is 1. The maximum atomic E-state index is 11.7. The molecule has 5 nitrogen and oxygen atoms in total. The molecule has 0 atom stereocenters. The minimum absolute atomic E-state index is 0.0560. The van der Waals surface area contributed by atoms with E-state index in [0.29, 0.717) is 31.0 Å². The van der Waals surface area contributed by atoms with Crippen molar-refractivity contribution in [1.82, 2.24) is 10.3 Å². The first kappa shape index (κ1) is 14.8. The first-order valence-corrected chi connectivity index (χ1v) is 6.80. The molecule has 3 N–H and O–H groups in total. The highest BCUT2D eigenvalue weighted by molar-refractivity contribution is 5.75. The van der Waals surface area contributed by atoms with Crippen molar-refractivity contribution in [1.29, 1.82) is 0 Å². The van der Waals surface area contributed by atoms with Gasteiger partial charge in [0.1, 0.15) is 5.75 Å². The average molecular weight is 285 g/mol. The zero-order valence-corrected chi connectivity index (χ0v) is 12.0. The van der Waals surface area contributed by atoms with Crippen LogP contribution in [0.3, 0.4) is 0 Å². The van der Waals surface area contributed by atoms with E-state index < -0.39 is 0 Å². The van der Waals surface area contributed by atoms with Gasteiger partial charge in [-0.15, -0.1) is 0 Å². The fourth-order valence-corrected chi connectivity index (χ4v) is 1.76. The molecule has 1 aromatic carbocycles. The molecule has 5 heteroatoms. The Morgan fingerprint density at radius 2 is 2.19 bits per heavy atom. The van der Waals surface area contributed by atoms with Crippen molar-refractivity contribution in [2.24, 2.45) is 0 Å². The van der Waals surface area contributed by atoms with Crippen LogP contribution in [0, 0.1) is 6.92 Å². The Morgan fingerprint density at radius 3 is 2.90 bits per heavy atom. The second-order valence-electron chi connectivity index (χ2n) is 4.76. The van der Waals surface area contributed by atoms with Gasteiger partial charge in [0.25, 0.3) is 0 Å². The number of nitrogens with zero attached hydrogens (tertiary/aromatic N) is 1. The summed E-state index contributed by atoms with van der Waals surface area (Å²) in [6.07, 6.45) is 2.06. The predicted octanol–water partition coefficient (Wildman–Crippen LogP) is 2.06. The van der Waals surface area contributed by atoms with Crippen LogP contribution in [0.4, 0.5) is 5.69 Å². The lowest BCUT2D eigenvalue weighted by atomic mass is 10.2. The highest BCUT2D eigenvalue weighted by Gasteiger charge is 2.02. The number of rotatable bonds is 6. The molecular formula is C16H19N3O2. The molecule has 0 spiro atoms. The number of nitrogens with one attached hydrogen (secondary N) is 1. The van der Waals surface area contributed by atoms with Crippen molar-refractivity contribution in [3.05, 3.63) is 53.9 Å². The van der Waals surface area contributed by atoms with Crippen LogP contribution in [0.15, 0.2) is 42.6 Å². The third-order valence-electron chi connectivity index (χ3n) is 2.92. The smallest absolute Gasteiger partial charge is 0.223 e. The summed E-state index contributed by atoms with van der Waals surface area (Å²) in [6.45, 7) is 2.72. The van der Waals surface area contributed by atoms with Crippen molar-refractivity contribution in [3.8, 4) is 5.75 Å². The van der Waals surface area contributed by atoms with Crippen molar-refractivity contribution < 1.29 is 9.53 Å². The molecule has 2 aromatic rings. The van der Waals surface area contributed by atoms with Gasteiger partial charge < -0.3 is 15.8 Å². The minimum Gasteiger partial charge on any atom is -0.493 e. The van der Waals surface area contributed by atoms with E-state index in [2.05, 4.69) is 10.3 Å². The normalized spacial score (nSPS) is 10.1. The second-order valence-corrected chi connectivity index (χ2v) is 4.76. The van der Waals surface area contributed by atoms with Gasteiger partial charge in [-0.1, -0.05) is 12.1 Å². The number of anilines is 1. The number of nitrogens with two attached hydrogens (primary N) is 1. The van der Waals surface area contributed by atoms with E-state index in [4.69, 9.17) is 10.5 Å². The molecule has 1 heterocycles. The summed E-state index contributed by atoms with van der Waals surface area (Å²) in [7, 11) is 0. The van der Waals surface area contributed by atoms with E-state index >= 15 is 0 Å². The maximum Gasteiger partial charge on any atom is 0.223 e. The monoisotopic (exact) mass is 285 g/mol. The van der Waals surface area contributed by atoms with Crippen molar-refractivity contribution in [3.63, 3.8) is 0 Å². The number of amides is 1. The number of aryl methyl sites for hydroxylation is 1. The highest BCUT2D eigenvalue weighted by atomic mass is 16.5. The summed E-state index contributed by atoms with van der Waals surface area (Å²) in [5.74, 6) is 0.616. The third kappa shape index (κ3) is 5.14. The Bertz CT molecular complexity index is 597. The highest BCUT2D eigenvalue weighted by Crippen LogP contribution is 2.14. The Hall–Kier alpha value is -2.56. The van der Waals surface area contributed by atoms with E-state index in [1.165, 1.54) is 0 Å². The van der Waals surface area contributed by atoms with Crippen LogP contribution >= 0.6 is 0 Å². The Morgan fingerprint density at radius 1 is 1.33 bits per heavy atom. The summed E-state index contributed by atoms with van der Waals surface area (Å²) in [5.41, 5.74) is 8.23. The molecule has 0 saturated carbocycles. The summed E-state index contributed by atoms with van der Waals surface area (Å²) in [5, 5.41) is 2.83. The van der Waals surface area contributed by atoms with Crippen LogP contribution < -0.4 is 15.8 Å². The molecule has 0 bridgehead atoms. The molecule has 0 saturated heterocycles. The summed E-state index contributed by atoms with van der Waals surface area (Å²) >= 11 is 0. The molecule has 0 aliphatic rings. The van der Waals surface area contributed by atoms with Crippen molar-refractivity contribution in [2.45, 2.75) is 19.9 Å². The maximum absolute atomic E-state index is 11.7. The first-order valence-electron chi connectivity index (χ1n) is 6.80. The van der Waals surface area contributed by atoms with Crippen LogP contribution in [0.1, 0.15) is 17.7 Å². The van der Waals surface area contributed by atoms with Gasteiger partial charge in [0.05, 0.1) is 13.0 Å². The topological polar surface area (TPSA) is 77.2 Å². The van der Waals surface area contributed by atoms with Crippen LogP contribution in [-0.2, 0) is 11.3 Å². The molecule has 1 amide bonds. The van der Waals surface area contributed by atoms with E-state index in [1.807, 2.05) is 31.2 Å². The van der Waals surface area contributed by atoms with Crippen LogP contribution in [0.5, 0.6) is 5.75 Å². The van der Waals surface area contributed by atoms with Gasteiger partial charge in [0.2, 0.25) is 5.91 Å². The number of ether oxygens (including phenoxy) is 1. The lowest BCUT2D eigenvalue weighted by molar-refractivity contribution is -0.121. The predicted molar refractivity (Wildman–Crippen MR) is 81.8 cm³/mol. The number of nitrogen functional groups attached to an aromatic ring is 1. The number of carbonyl (C=O) groups is 1. The van der Waals surface area contributed by atoms with Gasteiger partial charge in [-0.2, -0.15) is 0 Å². The van der Waals surface area contributed by atoms with E-state index in [-0.39, 0.29) is 5.91 Å². The number of aromatic nitrogens is 1. The SMILES string of the molecule is Cc1ccc(CNC(=O)CCOc2cccc(N)c2)cn1. The van der Waals surface area contributed by atoms with Crippen molar-refractivity contribution in [2.75, 3.05) is 12.3 Å². The molecule has 0 aliphatic heterocycles. The van der Waals surface area contributed by atoms with Gasteiger partial charge in [0.15, 0.2) is 0 Å². The van der Waals surface area contributed by atoms with Crippen LogP contribution in [0.25, 0.3) is 0 Å². The van der Waals surface area contributed by atoms with Crippen LogP contribution in [0.2, 0.25) is 0 Å². The Balaban J connectivity index is 1.69. The minimum atomic E-state index is -0.0560. The molecule has 0 radical (unpaired) electrons. The average Bonchev–Trinajstić information content (AvgIpc) is 2.47. The Labute approximate surface area is 124 Å². The van der Waals surface area contributed by atoms with E-state index in [1.54, 1.807) is 18.3 Å². The van der Waals surface area contributed by atoms with Gasteiger partial charge >= 0.3 is 0 Å². The van der Waals surface area contributed by atoms with E-state index in [0.717, 1.165) is 11.3 Å². The summed E-state index contributed by atoms with van der Waals surface area (Å²) < 4.78 is 5.47. The molecule has 0 fully saturated rings. The fourth-order valence-electron chi connectivity index (χ4n) is 1.76. The van der Waals surface area contributed by atoms with Gasteiger partial charge in [-0.05, 0) is 30.7 Å². The summed E-state index contributed by atoms with van der Waals surface area (Å²) in [6, 6.07) is 11.0. The largest absolute Gasteiger partial charge is 0.493 e. The molecule has 110 valence electrons. The van der Waals surface area contributed by atoms with Crippen molar-refractivity contribution >= 4 is 11.6 Å². The molecule has 0 aliphatic carbocycles. The number of hydrogen-bond donors (Lipinski definition) is 2. The molecule has 1 aromatic heterocycles. The van der Waals surface area contributed by atoms with Gasteiger partial charge in [-0.25, -0.2) is 0 Å². The van der Waals surface area contributed by atoms with Gasteiger partial charge in [-0.3, -0.25) is 9.78 Å². The summed E-state index contributed by atoms with van der Waals surface area (Å²) in [4.78, 5) is 15.9. The molecule has 2 rings (SSSR count). The molecule has 0 unspecified atom stereocenters. The lowest BCUT2D eigenvalue weighted by Crippen LogP contribution is -2.24. The Kier molecular flexibility index (Phi) is 5.15. The number of hydrogen-bond acceptors (Lipinski definition) is 4. The number of carbonyl (C=O) groups excluding carboxylic acids is 1. The first-order chi connectivity index (χ1) is 10.1. The number of pyridine rings is 1. The zero-order chi connectivity index (χ0) is 15.1. The molecular weight excluding hydrogens is 266 g/mol. The third-order valence-corrected chi connectivity index (χ3v) is 2.92. The van der Waals surface area contributed by atoms with E-state index in [9.17, 15) is 4.79 Å². The second kappa shape index (κ2) is 7.28. The quantitative estimate of drug-likeness (QED) is 0.796. The zero-order valence-electron chi connectivity index (χ0n) is 12.0. The standard InChI is InChI=1S/C16H19N3O2/c1-12-5-6-13(10-18-12)11-19-16(20)7-8-21-15-4-2-3-14(17)9-15/h2-6,9-10H,7-8,11,17H2,1H3,(H,19,20). The lowest BCUT2D eigenvalue weighted by Gasteiger charge is -2.08. The molecule has 21 heavy (non-hydrogen) atoms.